The van der Waals surface area contributed by atoms with E-state index in [4.69, 9.17) is 4.74 Å². The molecule has 0 radical (unpaired) electrons. The summed E-state index contributed by atoms with van der Waals surface area (Å²) in [5.74, 6) is 0.832. The lowest BCUT2D eigenvalue weighted by Crippen LogP contribution is -2.07. The molecule has 0 atom stereocenters. The predicted molar refractivity (Wildman–Crippen MR) is 76.3 cm³/mol. The van der Waals surface area contributed by atoms with E-state index in [0.29, 0.717) is 0 Å². The second-order valence-electron chi connectivity index (χ2n) is 4.58. The normalized spacial score (nSPS) is 10.5. The Kier molecular flexibility index (Phi) is 4.12. The van der Waals surface area contributed by atoms with Crippen LogP contribution in [0.1, 0.15) is 16.8 Å². The lowest BCUT2D eigenvalue weighted by Gasteiger charge is -2.11. The highest BCUT2D eigenvalue weighted by Gasteiger charge is 2.10. The van der Waals surface area contributed by atoms with Crippen LogP contribution < -0.4 is 10.1 Å². The largest absolute Gasteiger partial charge is 0.496 e. The van der Waals surface area contributed by atoms with Crippen LogP contribution in [-0.2, 0) is 6.54 Å². The van der Waals surface area contributed by atoms with E-state index in [1.807, 2.05) is 25.2 Å². The smallest absolute Gasteiger partial charge is 0.128 e. The van der Waals surface area contributed by atoms with E-state index in [9.17, 15) is 0 Å². The molecule has 0 aliphatic heterocycles. The van der Waals surface area contributed by atoms with Crippen molar-refractivity contribution in [2.24, 2.45) is 0 Å². The van der Waals surface area contributed by atoms with Crippen LogP contribution in [0.25, 0.3) is 11.3 Å². The van der Waals surface area contributed by atoms with Crippen LogP contribution in [-0.4, -0.2) is 24.4 Å². The third-order valence-corrected chi connectivity index (χ3v) is 3.17. The number of aromatic nitrogens is 2. The zero-order chi connectivity index (χ0) is 13.8. The van der Waals surface area contributed by atoms with Gasteiger partial charge in [0.15, 0.2) is 0 Å². The number of rotatable bonds is 4. The highest BCUT2D eigenvalue weighted by atomic mass is 16.5. The van der Waals surface area contributed by atoms with Crippen molar-refractivity contribution in [2.75, 3.05) is 14.2 Å². The van der Waals surface area contributed by atoms with Gasteiger partial charge in [0.05, 0.1) is 18.5 Å². The Morgan fingerprint density at radius 3 is 2.42 bits per heavy atom. The Morgan fingerprint density at radius 2 is 1.84 bits per heavy atom. The minimum Gasteiger partial charge on any atom is -0.496 e. The molecule has 0 spiro atoms. The zero-order valence-corrected chi connectivity index (χ0v) is 11.8. The first-order valence-electron chi connectivity index (χ1n) is 6.28. The summed E-state index contributed by atoms with van der Waals surface area (Å²) in [6.45, 7) is 4.88. The number of hydrogen-bond donors (Lipinski definition) is 1. The Hall–Kier alpha value is -1.94. The molecule has 1 aromatic heterocycles. The average molecular weight is 257 g/mol. The number of hydrogen-bond acceptors (Lipinski definition) is 4. The average Bonchev–Trinajstić information content (AvgIpc) is 2.43. The molecule has 1 N–H and O–H groups in total. The molecule has 4 heteroatoms. The Balaban J connectivity index is 2.43. The fourth-order valence-corrected chi connectivity index (χ4v) is 1.94. The minimum atomic E-state index is 0.720. The maximum Gasteiger partial charge on any atom is 0.128 e. The maximum atomic E-state index is 5.43. The van der Waals surface area contributed by atoms with E-state index in [-0.39, 0.29) is 0 Å². The first kappa shape index (κ1) is 13.5. The van der Waals surface area contributed by atoms with Gasteiger partial charge in [-0.05, 0) is 56.3 Å². The van der Waals surface area contributed by atoms with Gasteiger partial charge >= 0.3 is 0 Å². The van der Waals surface area contributed by atoms with Crippen LogP contribution in [0.2, 0.25) is 0 Å². The monoisotopic (exact) mass is 257 g/mol. The van der Waals surface area contributed by atoms with Gasteiger partial charge in [-0.3, -0.25) is 0 Å². The van der Waals surface area contributed by atoms with Crippen molar-refractivity contribution in [1.29, 1.82) is 0 Å². The summed E-state index contributed by atoms with van der Waals surface area (Å²) in [5, 5.41) is 11.5. The van der Waals surface area contributed by atoms with Crippen molar-refractivity contribution >= 4 is 0 Å². The summed E-state index contributed by atoms with van der Waals surface area (Å²) in [7, 11) is 3.57. The molecule has 0 unspecified atom stereocenters. The molecular formula is C15H19N3O. The number of ether oxygens (including phenoxy) is 1. The lowest BCUT2D eigenvalue weighted by atomic mass is 10.0. The van der Waals surface area contributed by atoms with E-state index < -0.39 is 0 Å². The fourth-order valence-electron chi connectivity index (χ4n) is 1.94. The van der Waals surface area contributed by atoms with E-state index in [1.54, 1.807) is 7.11 Å². The first-order valence-corrected chi connectivity index (χ1v) is 6.28. The zero-order valence-electron chi connectivity index (χ0n) is 11.8. The van der Waals surface area contributed by atoms with Crippen molar-refractivity contribution in [2.45, 2.75) is 20.4 Å². The Morgan fingerprint density at radius 1 is 1.11 bits per heavy atom. The molecule has 0 bridgehead atoms. The second-order valence-corrected chi connectivity index (χ2v) is 4.58. The molecule has 1 aromatic carbocycles. The molecular weight excluding hydrogens is 238 g/mol. The molecule has 0 fully saturated rings. The van der Waals surface area contributed by atoms with Gasteiger partial charge in [0, 0.05) is 12.1 Å². The standard InChI is InChI=1S/C15H19N3O/c1-10-7-13(15(19-4)8-11(10)2)14-6-5-12(9-16-3)17-18-14/h5-8,16H,9H2,1-4H3. The summed E-state index contributed by atoms with van der Waals surface area (Å²) in [5.41, 5.74) is 5.17. The van der Waals surface area contributed by atoms with Crippen LogP contribution in [0.4, 0.5) is 0 Å². The molecule has 2 aromatic rings. The van der Waals surface area contributed by atoms with Gasteiger partial charge in [0.25, 0.3) is 0 Å². The second kappa shape index (κ2) is 5.80. The highest BCUT2D eigenvalue weighted by Crippen LogP contribution is 2.31. The molecule has 4 nitrogen and oxygen atoms in total. The molecule has 0 aliphatic carbocycles. The lowest BCUT2D eigenvalue weighted by molar-refractivity contribution is 0.416. The van der Waals surface area contributed by atoms with Gasteiger partial charge in [-0.25, -0.2) is 0 Å². The van der Waals surface area contributed by atoms with Gasteiger partial charge in [-0.2, -0.15) is 10.2 Å². The number of methoxy groups -OCH3 is 1. The van der Waals surface area contributed by atoms with E-state index >= 15 is 0 Å². The third-order valence-electron chi connectivity index (χ3n) is 3.17. The molecule has 0 aliphatic rings. The SMILES string of the molecule is CNCc1ccc(-c2cc(C)c(C)cc2OC)nn1. The minimum absolute atomic E-state index is 0.720. The quantitative estimate of drug-likeness (QED) is 0.914. The molecule has 19 heavy (non-hydrogen) atoms. The van der Waals surface area contributed by atoms with Crippen LogP contribution in [0.3, 0.4) is 0 Å². The highest BCUT2D eigenvalue weighted by molar-refractivity contribution is 5.68. The summed E-state index contributed by atoms with van der Waals surface area (Å²) >= 11 is 0. The Bertz CT molecular complexity index is 564. The molecule has 100 valence electrons. The number of aryl methyl sites for hydroxylation is 2. The van der Waals surface area contributed by atoms with Gasteiger partial charge in [0.1, 0.15) is 5.75 Å². The van der Waals surface area contributed by atoms with Crippen LogP contribution in [0.15, 0.2) is 24.3 Å². The van der Waals surface area contributed by atoms with Crippen molar-refractivity contribution < 1.29 is 4.74 Å². The first-order chi connectivity index (χ1) is 9.15. The third kappa shape index (κ3) is 2.90. The molecule has 2 rings (SSSR count). The van der Waals surface area contributed by atoms with Gasteiger partial charge in [-0.15, -0.1) is 0 Å². The summed E-state index contributed by atoms with van der Waals surface area (Å²) in [4.78, 5) is 0. The van der Waals surface area contributed by atoms with Crippen molar-refractivity contribution in [3.63, 3.8) is 0 Å². The molecule has 0 saturated carbocycles. The van der Waals surface area contributed by atoms with Gasteiger partial charge in [-0.1, -0.05) is 0 Å². The van der Waals surface area contributed by atoms with Gasteiger partial charge < -0.3 is 10.1 Å². The van der Waals surface area contributed by atoms with E-state index in [2.05, 4.69) is 35.4 Å². The van der Waals surface area contributed by atoms with Crippen LogP contribution in [0.5, 0.6) is 5.75 Å². The number of benzene rings is 1. The van der Waals surface area contributed by atoms with Crippen molar-refractivity contribution in [1.82, 2.24) is 15.5 Å². The predicted octanol–water partition coefficient (Wildman–Crippen LogP) is 2.49. The summed E-state index contributed by atoms with van der Waals surface area (Å²) in [6.07, 6.45) is 0. The van der Waals surface area contributed by atoms with Crippen LogP contribution in [0, 0.1) is 13.8 Å². The van der Waals surface area contributed by atoms with Crippen molar-refractivity contribution in [3.05, 3.63) is 41.1 Å². The molecule has 0 amide bonds. The van der Waals surface area contributed by atoms with E-state index in [1.165, 1.54) is 11.1 Å². The molecule has 1 heterocycles. The molecule has 0 saturated heterocycles. The van der Waals surface area contributed by atoms with Gasteiger partial charge in [0.2, 0.25) is 0 Å². The summed E-state index contributed by atoms with van der Waals surface area (Å²) < 4.78 is 5.43. The maximum absolute atomic E-state index is 5.43. The Labute approximate surface area is 113 Å². The number of nitrogens with one attached hydrogen (secondary N) is 1. The van der Waals surface area contributed by atoms with Crippen LogP contribution >= 0.6 is 0 Å². The van der Waals surface area contributed by atoms with Crippen molar-refractivity contribution in [3.8, 4) is 17.0 Å². The topological polar surface area (TPSA) is 47.0 Å². The number of nitrogens with zero attached hydrogens (tertiary/aromatic N) is 2. The van der Waals surface area contributed by atoms with E-state index in [0.717, 1.165) is 29.2 Å². The fraction of sp³-hybridized carbons (Fsp3) is 0.333. The summed E-state index contributed by atoms with van der Waals surface area (Å²) in [6, 6.07) is 8.09.